The summed E-state index contributed by atoms with van der Waals surface area (Å²) in [4.78, 5) is 5.29. The van der Waals surface area contributed by atoms with E-state index >= 15 is 0 Å². The SMILES string of the molecule is Cc1ccccc1-c1noc(-c2ccc(N)s2)n1. The van der Waals surface area contributed by atoms with Crippen molar-refractivity contribution in [1.29, 1.82) is 0 Å². The summed E-state index contributed by atoms with van der Waals surface area (Å²) in [7, 11) is 0. The van der Waals surface area contributed by atoms with E-state index in [0.29, 0.717) is 11.7 Å². The van der Waals surface area contributed by atoms with Crippen LogP contribution in [0.15, 0.2) is 40.9 Å². The predicted octanol–water partition coefficient (Wildman–Crippen LogP) is 3.36. The van der Waals surface area contributed by atoms with Gasteiger partial charge in [-0.3, -0.25) is 0 Å². The second-order valence-corrected chi connectivity index (χ2v) is 5.06. The highest BCUT2D eigenvalue weighted by Gasteiger charge is 2.13. The maximum Gasteiger partial charge on any atom is 0.268 e. The number of anilines is 1. The standard InChI is InChI=1S/C13H11N3OS/c1-8-4-2-3-5-9(8)12-15-13(17-16-12)10-6-7-11(14)18-10/h2-7H,14H2,1H3. The molecule has 18 heavy (non-hydrogen) atoms. The zero-order valence-electron chi connectivity index (χ0n) is 9.75. The summed E-state index contributed by atoms with van der Waals surface area (Å²) in [5, 5.41) is 4.75. The molecule has 0 aliphatic rings. The van der Waals surface area contributed by atoms with Crippen molar-refractivity contribution in [3.63, 3.8) is 0 Å². The maximum absolute atomic E-state index is 5.69. The predicted molar refractivity (Wildman–Crippen MR) is 72.2 cm³/mol. The average molecular weight is 257 g/mol. The fourth-order valence-electron chi connectivity index (χ4n) is 1.72. The molecule has 3 aromatic rings. The number of rotatable bonds is 2. The highest BCUT2D eigenvalue weighted by atomic mass is 32.1. The first-order chi connectivity index (χ1) is 8.74. The molecule has 1 aromatic carbocycles. The molecule has 0 spiro atoms. The van der Waals surface area contributed by atoms with Gasteiger partial charge in [-0.1, -0.05) is 29.4 Å². The number of aromatic nitrogens is 2. The summed E-state index contributed by atoms with van der Waals surface area (Å²) >= 11 is 1.44. The van der Waals surface area contributed by atoms with Crippen LogP contribution in [0.2, 0.25) is 0 Å². The highest BCUT2D eigenvalue weighted by Crippen LogP contribution is 2.30. The highest BCUT2D eigenvalue weighted by molar-refractivity contribution is 7.19. The molecular weight excluding hydrogens is 246 g/mol. The van der Waals surface area contributed by atoms with Gasteiger partial charge in [-0.2, -0.15) is 4.98 Å². The van der Waals surface area contributed by atoms with Gasteiger partial charge in [0.1, 0.15) is 0 Å². The molecule has 0 amide bonds. The van der Waals surface area contributed by atoms with Gasteiger partial charge in [0.25, 0.3) is 5.89 Å². The number of nitrogens with zero attached hydrogens (tertiary/aromatic N) is 2. The third kappa shape index (κ3) is 1.89. The Morgan fingerprint density at radius 2 is 2.00 bits per heavy atom. The molecule has 0 unspecified atom stereocenters. The smallest absolute Gasteiger partial charge is 0.268 e. The molecule has 2 aromatic heterocycles. The Morgan fingerprint density at radius 3 is 2.72 bits per heavy atom. The van der Waals surface area contributed by atoms with E-state index < -0.39 is 0 Å². The minimum atomic E-state index is 0.509. The van der Waals surface area contributed by atoms with Crippen LogP contribution in [0.5, 0.6) is 0 Å². The van der Waals surface area contributed by atoms with Crippen molar-refractivity contribution in [2.75, 3.05) is 5.73 Å². The van der Waals surface area contributed by atoms with Crippen LogP contribution in [0.4, 0.5) is 5.00 Å². The quantitative estimate of drug-likeness (QED) is 0.764. The molecule has 2 N–H and O–H groups in total. The summed E-state index contributed by atoms with van der Waals surface area (Å²) in [6, 6.07) is 11.7. The molecule has 0 saturated carbocycles. The molecule has 0 aliphatic heterocycles. The van der Waals surface area contributed by atoms with Crippen molar-refractivity contribution < 1.29 is 4.52 Å². The van der Waals surface area contributed by atoms with Gasteiger partial charge in [0, 0.05) is 5.56 Å². The first kappa shape index (κ1) is 11.0. The molecule has 0 bridgehead atoms. The second-order valence-electron chi connectivity index (χ2n) is 3.94. The molecule has 4 nitrogen and oxygen atoms in total. The third-order valence-corrected chi connectivity index (χ3v) is 3.55. The Kier molecular flexibility index (Phi) is 2.60. The number of hydrogen-bond donors (Lipinski definition) is 1. The van der Waals surface area contributed by atoms with Crippen LogP contribution in [-0.4, -0.2) is 10.1 Å². The Bertz CT molecular complexity index is 687. The summed E-state index contributed by atoms with van der Waals surface area (Å²) in [5.74, 6) is 1.12. The normalized spacial score (nSPS) is 10.7. The molecule has 0 aliphatic carbocycles. The molecule has 2 heterocycles. The molecule has 0 saturated heterocycles. The Morgan fingerprint density at radius 1 is 1.17 bits per heavy atom. The van der Waals surface area contributed by atoms with Crippen LogP contribution >= 0.6 is 11.3 Å². The fraction of sp³-hybridized carbons (Fsp3) is 0.0769. The van der Waals surface area contributed by atoms with E-state index in [2.05, 4.69) is 10.1 Å². The number of hydrogen-bond acceptors (Lipinski definition) is 5. The zero-order valence-corrected chi connectivity index (χ0v) is 10.6. The number of nitrogen functional groups attached to an aromatic ring is 1. The number of thiophene rings is 1. The van der Waals surface area contributed by atoms with Crippen LogP contribution in [0.1, 0.15) is 5.56 Å². The molecule has 0 atom stereocenters. The van der Waals surface area contributed by atoms with Gasteiger partial charge in [-0.05, 0) is 24.6 Å². The minimum absolute atomic E-state index is 0.509. The van der Waals surface area contributed by atoms with Crippen molar-refractivity contribution in [1.82, 2.24) is 10.1 Å². The Hall–Kier alpha value is -2.14. The van der Waals surface area contributed by atoms with Gasteiger partial charge in [0.05, 0.1) is 9.88 Å². The zero-order chi connectivity index (χ0) is 12.5. The van der Waals surface area contributed by atoms with Crippen molar-refractivity contribution in [2.24, 2.45) is 0 Å². The van der Waals surface area contributed by atoms with Crippen molar-refractivity contribution >= 4 is 16.3 Å². The summed E-state index contributed by atoms with van der Waals surface area (Å²) in [6.45, 7) is 2.02. The van der Waals surface area contributed by atoms with Crippen molar-refractivity contribution in [2.45, 2.75) is 6.92 Å². The van der Waals surface area contributed by atoms with Gasteiger partial charge in [-0.25, -0.2) is 0 Å². The van der Waals surface area contributed by atoms with Crippen LogP contribution in [0, 0.1) is 6.92 Å². The van der Waals surface area contributed by atoms with Gasteiger partial charge < -0.3 is 10.3 Å². The monoisotopic (exact) mass is 257 g/mol. The topological polar surface area (TPSA) is 64.9 Å². The van der Waals surface area contributed by atoms with E-state index in [1.54, 1.807) is 0 Å². The lowest BCUT2D eigenvalue weighted by atomic mass is 10.1. The fourth-order valence-corrected chi connectivity index (χ4v) is 2.42. The Balaban J connectivity index is 2.02. The molecule has 0 fully saturated rings. The van der Waals surface area contributed by atoms with Crippen LogP contribution < -0.4 is 5.73 Å². The molecule has 90 valence electrons. The first-order valence-electron chi connectivity index (χ1n) is 5.49. The third-order valence-electron chi connectivity index (χ3n) is 2.65. The molecule has 3 rings (SSSR count). The van der Waals surface area contributed by atoms with E-state index in [1.165, 1.54) is 11.3 Å². The molecular formula is C13H11N3OS. The molecule has 5 heteroatoms. The summed E-state index contributed by atoms with van der Waals surface area (Å²) in [6.07, 6.45) is 0. The van der Waals surface area contributed by atoms with Gasteiger partial charge in [0.15, 0.2) is 0 Å². The van der Waals surface area contributed by atoms with E-state index in [-0.39, 0.29) is 0 Å². The van der Waals surface area contributed by atoms with Gasteiger partial charge in [0.2, 0.25) is 5.82 Å². The lowest BCUT2D eigenvalue weighted by Gasteiger charge is -1.97. The lowest BCUT2D eigenvalue weighted by molar-refractivity contribution is 0.433. The first-order valence-corrected chi connectivity index (χ1v) is 6.31. The summed E-state index contributed by atoms with van der Waals surface area (Å²) < 4.78 is 5.27. The largest absolute Gasteiger partial charge is 0.391 e. The van der Waals surface area contributed by atoms with Gasteiger partial charge >= 0.3 is 0 Å². The van der Waals surface area contributed by atoms with Crippen molar-refractivity contribution in [3.05, 3.63) is 42.0 Å². The average Bonchev–Trinajstić information content (AvgIpc) is 2.98. The maximum atomic E-state index is 5.69. The van der Waals surface area contributed by atoms with E-state index in [1.807, 2.05) is 43.3 Å². The van der Waals surface area contributed by atoms with E-state index in [4.69, 9.17) is 10.3 Å². The van der Waals surface area contributed by atoms with Crippen molar-refractivity contribution in [3.8, 4) is 22.2 Å². The lowest BCUT2D eigenvalue weighted by Crippen LogP contribution is -1.84. The summed E-state index contributed by atoms with van der Waals surface area (Å²) in [5.41, 5.74) is 7.79. The Labute approximate surface area is 108 Å². The second kappa shape index (κ2) is 4.27. The van der Waals surface area contributed by atoms with Crippen LogP contribution in [0.3, 0.4) is 0 Å². The van der Waals surface area contributed by atoms with Crippen LogP contribution in [0.25, 0.3) is 22.2 Å². The van der Waals surface area contributed by atoms with E-state index in [9.17, 15) is 0 Å². The van der Waals surface area contributed by atoms with E-state index in [0.717, 1.165) is 21.0 Å². The number of nitrogens with two attached hydrogens (primary N) is 1. The number of aryl methyl sites for hydroxylation is 1. The molecule has 0 radical (unpaired) electrons. The number of benzene rings is 1. The van der Waals surface area contributed by atoms with Gasteiger partial charge in [-0.15, -0.1) is 11.3 Å². The minimum Gasteiger partial charge on any atom is -0.391 e. The van der Waals surface area contributed by atoms with Crippen LogP contribution in [-0.2, 0) is 0 Å².